The Labute approximate surface area is 181 Å². The van der Waals surface area contributed by atoms with Gasteiger partial charge in [0.15, 0.2) is 0 Å². The molecule has 1 unspecified atom stereocenters. The van der Waals surface area contributed by atoms with E-state index in [0.717, 1.165) is 69.0 Å². The first kappa shape index (κ1) is 19.7. The highest BCUT2D eigenvalue weighted by Crippen LogP contribution is 2.40. The summed E-state index contributed by atoms with van der Waals surface area (Å²) in [7, 11) is 0. The number of hydrogen-bond donors (Lipinski definition) is 1. The molecule has 1 aromatic carbocycles. The predicted molar refractivity (Wildman–Crippen MR) is 118 cm³/mol. The third-order valence-corrected chi connectivity index (χ3v) is 7.62. The Balaban J connectivity index is 1.23. The first-order valence-corrected chi connectivity index (χ1v) is 11.7. The molecule has 2 aliphatic heterocycles. The van der Waals surface area contributed by atoms with Crippen LogP contribution in [0.25, 0.3) is 0 Å². The van der Waals surface area contributed by atoms with Crippen LogP contribution in [0.15, 0.2) is 30.5 Å². The number of amides is 2. The molecule has 1 atom stereocenters. The zero-order valence-corrected chi connectivity index (χ0v) is 18.2. The average Bonchev–Trinajstić information content (AvgIpc) is 3.53. The molecule has 1 aliphatic carbocycles. The molecule has 5 rings (SSSR count). The second-order valence-electron chi connectivity index (χ2n) is 8.91. The lowest BCUT2D eigenvalue weighted by molar-refractivity contribution is -0.117. The number of carbonyl (C=O) groups excluding carboxylic acids is 2. The second-order valence-corrected chi connectivity index (χ2v) is 10.2. The molecule has 2 amide bonds. The van der Waals surface area contributed by atoms with Gasteiger partial charge in [0.1, 0.15) is 0 Å². The molecule has 0 radical (unpaired) electrons. The first-order valence-electron chi connectivity index (χ1n) is 10.9. The monoisotopic (exact) mass is 424 g/mol. The van der Waals surface area contributed by atoms with Crippen LogP contribution in [0.3, 0.4) is 0 Å². The number of anilines is 1. The van der Waals surface area contributed by atoms with Gasteiger partial charge < -0.3 is 10.2 Å². The van der Waals surface area contributed by atoms with E-state index in [1.807, 2.05) is 42.3 Å². The van der Waals surface area contributed by atoms with Crippen LogP contribution in [0.4, 0.5) is 5.69 Å². The highest BCUT2D eigenvalue weighted by Gasteiger charge is 2.48. The Kier molecular flexibility index (Phi) is 5.11. The largest absolute Gasteiger partial charge is 0.337 e. The van der Waals surface area contributed by atoms with E-state index in [1.54, 1.807) is 11.3 Å². The number of nitrogens with zero attached hydrogens (tertiary/aromatic N) is 3. The van der Waals surface area contributed by atoms with Gasteiger partial charge in [0.05, 0.1) is 5.01 Å². The van der Waals surface area contributed by atoms with Crippen LogP contribution in [0.2, 0.25) is 0 Å². The maximum Gasteiger partial charge on any atom is 0.253 e. The van der Waals surface area contributed by atoms with Crippen molar-refractivity contribution in [2.75, 3.05) is 25.0 Å². The predicted octanol–water partition coefficient (Wildman–Crippen LogP) is 3.68. The van der Waals surface area contributed by atoms with E-state index in [0.29, 0.717) is 5.56 Å². The van der Waals surface area contributed by atoms with Gasteiger partial charge in [-0.3, -0.25) is 14.5 Å². The van der Waals surface area contributed by atoms with Gasteiger partial charge in [0, 0.05) is 60.0 Å². The summed E-state index contributed by atoms with van der Waals surface area (Å²) in [6.07, 6.45) is 7.31. The highest BCUT2D eigenvalue weighted by atomic mass is 32.1. The molecule has 2 saturated heterocycles. The van der Waals surface area contributed by atoms with E-state index in [-0.39, 0.29) is 23.3 Å². The number of thiazole rings is 1. The van der Waals surface area contributed by atoms with E-state index in [4.69, 9.17) is 0 Å². The SMILES string of the molecule is Cc1ncc(CN2CCC23CCCN(C(=O)c2ccc(NC(=O)C4CC4)cc2)C3)s1. The van der Waals surface area contributed by atoms with Gasteiger partial charge in [0.25, 0.3) is 5.91 Å². The summed E-state index contributed by atoms with van der Waals surface area (Å²) in [5.41, 5.74) is 1.58. The van der Waals surface area contributed by atoms with Crippen molar-refractivity contribution in [1.82, 2.24) is 14.8 Å². The summed E-state index contributed by atoms with van der Waals surface area (Å²) in [5.74, 6) is 0.359. The van der Waals surface area contributed by atoms with E-state index >= 15 is 0 Å². The lowest BCUT2D eigenvalue weighted by Crippen LogP contribution is -2.66. The van der Waals surface area contributed by atoms with Crippen molar-refractivity contribution in [2.24, 2.45) is 5.92 Å². The van der Waals surface area contributed by atoms with Crippen LogP contribution in [0, 0.1) is 12.8 Å². The third kappa shape index (κ3) is 3.88. The lowest BCUT2D eigenvalue weighted by atomic mass is 9.77. The number of benzene rings is 1. The van der Waals surface area contributed by atoms with Crippen LogP contribution in [0.1, 0.15) is 52.3 Å². The number of aromatic nitrogens is 1. The molecule has 1 N–H and O–H groups in total. The summed E-state index contributed by atoms with van der Waals surface area (Å²) >= 11 is 1.76. The molecule has 3 heterocycles. The fourth-order valence-electron chi connectivity index (χ4n) is 4.72. The molecule has 1 spiro atoms. The summed E-state index contributed by atoms with van der Waals surface area (Å²) in [6.45, 7) is 5.68. The molecule has 6 nitrogen and oxygen atoms in total. The van der Waals surface area contributed by atoms with Crippen LogP contribution >= 0.6 is 11.3 Å². The van der Waals surface area contributed by atoms with Crippen molar-refractivity contribution in [3.8, 4) is 0 Å². The minimum atomic E-state index is 0.0910. The summed E-state index contributed by atoms with van der Waals surface area (Å²) in [6, 6.07) is 7.36. The van der Waals surface area contributed by atoms with Crippen molar-refractivity contribution in [2.45, 2.75) is 51.1 Å². The summed E-state index contributed by atoms with van der Waals surface area (Å²) in [4.78, 5) is 35.3. The zero-order chi connectivity index (χ0) is 20.7. The Morgan fingerprint density at radius 1 is 1.20 bits per heavy atom. The number of likely N-dealkylation sites (tertiary alicyclic amines) is 2. The number of rotatable bonds is 5. The Hall–Kier alpha value is -2.25. The summed E-state index contributed by atoms with van der Waals surface area (Å²) < 4.78 is 0. The summed E-state index contributed by atoms with van der Waals surface area (Å²) in [5, 5.41) is 4.05. The normalized spacial score (nSPS) is 24.0. The molecule has 3 fully saturated rings. The quantitative estimate of drug-likeness (QED) is 0.795. The maximum absolute atomic E-state index is 13.2. The van der Waals surface area contributed by atoms with E-state index in [9.17, 15) is 9.59 Å². The van der Waals surface area contributed by atoms with E-state index < -0.39 is 0 Å². The van der Waals surface area contributed by atoms with Crippen molar-refractivity contribution in [3.63, 3.8) is 0 Å². The van der Waals surface area contributed by atoms with Gasteiger partial charge in [-0.1, -0.05) is 0 Å². The van der Waals surface area contributed by atoms with Gasteiger partial charge >= 0.3 is 0 Å². The van der Waals surface area contributed by atoms with E-state index in [2.05, 4.69) is 15.2 Å². The highest BCUT2D eigenvalue weighted by molar-refractivity contribution is 7.11. The van der Waals surface area contributed by atoms with Crippen molar-refractivity contribution < 1.29 is 9.59 Å². The zero-order valence-electron chi connectivity index (χ0n) is 17.4. The molecule has 3 aliphatic rings. The second kappa shape index (κ2) is 7.78. The minimum absolute atomic E-state index is 0.0910. The van der Waals surface area contributed by atoms with Gasteiger partial charge in [-0.15, -0.1) is 11.3 Å². The van der Waals surface area contributed by atoms with Gasteiger partial charge in [0.2, 0.25) is 5.91 Å². The lowest BCUT2D eigenvalue weighted by Gasteiger charge is -2.57. The minimum Gasteiger partial charge on any atom is -0.337 e. The number of piperidine rings is 1. The van der Waals surface area contributed by atoms with Crippen LogP contribution in [-0.2, 0) is 11.3 Å². The van der Waals surface area contributed by atoms with Crippen LogP contribution in [-0.4, -0.2) is 51.8 Å². The van der Waals surface area contributed by atoms with Crippen LogP contribution < -0.4 is 5.32 Å². The number of carbonyl (C=O) groups is 2. The maximum atomic E-state index is 13.2. The van der Waals surface area contributed by atoms with Crippen molar-refractivity contribution >= 4 is 28.8 Å². The Morgan fingerprint density at radius 2 is 2.00 bits per heavy atom. The molecule has 0 bridgehead atoms. The van der Waals surface area contributed by atoms with Gasteiger partial charge in [-0.2, -0.15) is 0 Å². The standard InChI is InChI=1S/C23H28N4O2S/c1-16-24-13-20(30-16)14-27-12-10-23(27)9-2-11-26(15-23)22(29)18-5-7-19(8-6-18)25-21(28)17-3-4-17/h5-8,13,17H,2-4,9-12,14-15H2,1H3,(H,25,28). The number of nitrogens with one attached hydrogen (secondary N) is 1. The van der Waals surface area contributed by atoms with Gasteiger partial charge in [-0.05, 0) is 63.3 Å². The molecular weight excluding hydrogens is 396 g/mol. The topological polar surface area (TPSA) is 65.5 Å². The van der Waals surface area contributed by atoms with Crippen molar-refractivity contribution in [1.29, 1.82) is 0 Å². The molecule has 7 heteroatoms. The van der Waals surface area contributed by atoms with E-state index in [1.165, 1.54) is 4.88 Å². The number of aryl methyl sites for hydroxylation is 1. The Morgan fingerprint density at radius 3 is 2.63 bits per heavy atom. The average molecular weight is 425 g/mol. The van der Waals surface area contributed by atoms with Gasteiger partial charge in [-0.25, -0.2) is 4.98 Å². The fourth-order valence-corrected chi connectivity index (χ4v) is 5.53. The first-order chi connectivity index (χ1) is 14.5. The number of hydrogen-bond acceptors (Lipinski definition) is 5. The van der Waals surface area contributed by atoms with Crippen LogP contribution in [0.5, 0.6) is 0 Å². The smallest absolute Gasteiger partial charge is 0.253 e. The molecule has 1 saturated carbocycles. The molecule has 2 aromatic rings. The Bertz CT molecular complexity index is 952. The molecular formula is C23H28N4O2S. The molecule has 30 heavy (non-hydrogen) atoms. The third-order valence-electron chi connectivity index (χ3n) is 6.72. The van der Waals surface area contributed by atoms with Crippen molar-refractivity contribution in [3.05, 3.63) is 45.9 Å². The molecule has 1 aromatic heterocycles. The fraction of sp³-hybridized carbons (Fsp3) is 0.522. The molecule has 158 valence electrons.